The zero-order valence-electron chi connectivity index (χ0n) is 8.41. The van der Waals surface area contributed by atoms with Crippen molar-refractivity contribution in [1.82, 2.24) is 0 Å². The van der Waals surface area contributed by atoms with Gasteiger partial charge in [0.05, 0.1) is 12.0 Å². The Labute approximate surface area is 98.3 Å². The van der Waals surface area contributed by atoms with Gasteiger partial charge in [0.1, 0.15) is 0 Å². The van der Waals surface area contributed by atoms with Crippen molar-refractivity contribution >= 4 is 27.4 Å². The lowest BCUT2D eigenvalue weighted by molar-refractivity contribution is -0.137. The van der Waals surface area contributed by atoms with E-state index in [-0.39, 0.29) is 6.42 Å². The van der Waals surface area contributed by atoms with Crippen LogP contribution in [-0.2, 0) is 17.4 Å². The van der Waals surface area contributed by atoms with Crippen LogP contribution in [-0.4, -0.2) is 11.1 Å². The van der Waals surface area contributed by atoms with Crippen LogP contribution < -0.4 is 0 Å². The van der Waals surface area contributed by atoms with Gasteiger partial charge in [-0.2, -0.15) is 13.2 Å². The third-order valence-corrected chi connectivity index (χ3v) is 3.33. The molecule has 0 saturated heterocycles. The highest BCUT2D eigenvalue weighted by Gasteiger charge is 2.30. The summed E-state index contributed by atoms with van der Waals surface area (Å²) in [5.41, 5.74) is -0.335. The van der Waals surface area contributed by atoms with Gasteiger partial charge in [-0.25, -0.2) is 0 Å². The van der Waals surface area contributed by atoms with E-state index in [4.69, 9.17) is 5.11 Å². The first-order chi connectivity index (χ1) is 7.88. The number of carboxylic acids is 1. The molecule has 1 N–H and O–H groups in total. The molecule has 17 heavy (non-hydrogen) atoms. The Hall–Kier alpha value is -1.56. The first-order valence-electron chi connectivity index (χ1n) is 4.67. The SMILES string of the molecule is O=C(O)Cc1csc2ccc(C(F)(F)F)cc12. The summed E-state index contributed by atoms with van der Waals surface area (Å²) in [4.78, 5) is 10.6. The Morgan fingerprint density at radius 1 is 1.35 bits per heavy atom. The number of hydrogen-bond donors (Lipinski definition) is 1. The predicted octanol–water partition coefficient (Wildman–Crippen LogP) is 3.55. The number of thiophene rings is 1. The zero-order chi connectivity index (χ0) is 12.6. The van der Waals surface area contributed by atoms with E-state index in [1.54, 1.807) is 5.38 Å². The van der Waals surface area contributed by atoms with Crippen LogP contribution in [0.1, 0.15) is 11.1 Å². The zero-order valence-corrected chi connectivity index (χ0v) is 9.23. The van der Waals surface area contributed by atoms with Gasteiger partial charge < -0.3 is 5.11 Å². The topological polar surface area (TPSA) is 37.3 Å². The van der Waals surface area contributed by atoms with Crippen molar-refractivity contribution in [2.75, 3.05) is 0 Å². The minimum atomic E-state index is -4.41. The summed E-state index contributed by atoms with van der Waals surface area (Å²) >= 11 is 1.24. The van der Waals surface area contributed by atoms with Crippen LogP contribution in [0.4, 0.5) is 13.2 Å². The lowest BCUT2D eigenvalue weighted by Gasteiger charge is -2.06. The van der Waals surface area contributed by atoms with Crippen LogP contribution in [0.3, 0.4) is 0 Å². The van der Waals surface area contributed by atoms with E-state index in [9.17, 15) is 18.0 Å². The van der Waals surface area contributed by atoms with Gasteiger partial charge in [-0.3, -0.25) is 4.79 Å². The fourth-order valence-electron chi connectivity index (χ4n) is 1.56. The van der Waals surface area contributed by atoms with E-state index in [0.29, 0.717) is 15.6 Å². The van der Waals surface area contributed by atoms with Crippen molar-refractivity contribution in [1.29, 1.82) is 0 Å². The molecular formula is C11H7F3O2S. The Kier molecular flexibility index (Phi) is 2.82. The van der Waals surface area contributed by atoms with Crippen LogP contribution in [0.15, 0.2) is 23.6 Å². The highest BCUT2D eigenvalue weighted by Crippen LogP contribution is 2.34. The van der Waals surface area contributed by atoms with Crippen LogP contribution in [0.2, 0.25) is 0 Å². The predicted molar refractivity (Wildman–Crippen MR) is 58.2 cm³/mol. The summed E-state index contributed by atoms with van der Waals surface area (Å²) in [5.74, 6) is -1.05. The van der Waals surface area contributed by atoms with Gasteiger partial charge >= 0.3 is 12.1 Å². The van der Waals surface area contributed by atoms with Gasteiger partial charge in [0.25, 0.3) is 0 Å². The number of alkyl halides is 3. The molecular weight excluding hydrogens is 253 g/mol. The molecule has 0 amide bonds. The average molecular weight is 260 g/mol. The smallest absolute Gasteiger partial charge is 0.416 e. The maximum absolute atomic E-state index is 12.5. The molecule has 0 bridgehead atoms. The molecule has 0 radical (unpaired) electrons. The molecule has 0 aliphatic rings. The molecule has 1 aromatic heterocycles. The number of carbonyl (C=O) groups is 1. The summed E-state index contributed by atoms with van der Waals surface area (Å²) in [7, 11) is 0. The maximum atomic E-state index is 12.5. The molecule has 0 spiro atoms. The van der Waals surface area contributed by atoms with Crippen LogP contribution in [0.5, 0.6) is 0 Å². The quantitative estimate of drug-likeness (QED) is 0.896. The van der Waals surface area contributed by atoms with E-state index in [1.807, 2.05) is 0 Å². The Balaban J connectivity index is 2.54. The number of aliphatic carboxylic acids is 1. The van der Waals surface area contributed by atoms with Crippen LogP contribution in [0, 0.1) is 0 Å². The van der Waals surface area contributed by atoms with E-state index < -0.39 is 17.7 Å². The minimum absolute atomic E-state index is 0.263. The Morgan fingerprint density at radius 3 is 2.65 bits per heavy atom. The standard InChI is InChI=1S/C11H7F3O2S/c12-11(13,14)7-1-2-9-8(4-7)6(5-17-9)3-10(15)16/h1-2,4-5H,3H2,(H,15,16). The summed E-state index contributed by atoms with van der Waals surface area (Å²) in [6, 6.07) is 3.38. The van der Waals surface area contributed by atoms with Gasteiger partial charge in [0.2, 0.25) is 0 Å². The number of rotatable bonds is 2. The molecule has 0 saturated carbocycles. The van der Waals surface area contributed by atoms with Crippen LogP contribution >= 0.6 is 11.3 Å². The van der Waals surface area contributed by atoms with Gasteiger partial charge in [0, 0.05) is 4.70 Å². The van der Waals surface area contributed by atoms with E-state index >= 15 is 0 Å². The number of halogens is 3. The molecule has 1 heterocycles. The fourth-order valence-corrected chi connectivity index (χ4v) is 2.50. The third-order valence-electron chi connectivity index (χ3n) is 2.32. The molecule has 2 rings (SSSR count). The maximum Gasteiger partial charge on any atom is 0.416 e. The van der Waals surface area contributed by atoms with Crippen LogP contribution in [0.25, 0.3) is 10.1 Å². The highest BCUT2D eigenvalue weighted by atomic mass is 32.1. The van der Waals surface area contributed by atoms with Gasteiger partial charge in [0.15, 0.2) is 0 Å². The summed E-state index contributed by atoms with van der Waals surface area (Å²) in [6.07, 6.45) is -4.67. The molecule has 2 aromatic rings. The average Bonchev–Trinajstić information content (AvgIpc) is 2.59. The van der Waals surface area contributed by atoms with E-state index in [1.165, 1.54) is 17.4 Å². The van der Waals surface area contributed by atoms with Gasteiger partial charge in [-0.1, -0.05) is 0 Å². The number of carboxylic acid groups (broad SMARTS) is 1. The second kappa shape index (κ2) is 4.03. The largest absolute Gasteiger partial charge is 0.481 e. The summed E-state index contributed by atoms with van der Waals surface area (Å²) in [6.45, 7) is 0. The highest BCUT2D eigenvalue weighted by molar-refractivity contribution is 7.17. The summed E-state index contributed by atoms with van der Waals surface area (Å²) < 4.78 is 38.2. The number of benzene rings is 1. The molecule has 1 aromatic carbocycles. The van der Waals surface area contributed by atoms with Gasteiger partial charge in [-0.15, -0.1) is 11.3 Å². The molecule has 90 valence electrons. The molecule has 0 aliphatic heterocycles. The fraction of sp³-hybridized carbons (Fsp3) is 0.182. The lowest BCUT2D eigenvalue weighted by atomic mass is 10.1. The lowest BCUT2D eigenvalue weighted by Crippen LogP contribution is -2.04. The van der Waals surface area contributed by atoms with E-state index in [0.717, 1.165) is 12.1 Å². The van der Waals surface area contributed by atoms with Crippen molar-refractivity contribution in [3.63, 3.8) is 0 Å². The first kappa shape index (κ1) is 11.9. The van der Waals surface area contributed by atoms with Gasteiger partial charge in [-0.05, 0) is 34.5 Å². The molecule has 2 nitrogen and oxygen atoms in total. The second-order valence-corrected chi connectivity index (χ2v) is 4.45. The van der Waals surface area contributed by atoms with E-state index in [2.05, 4.69) is 0 Å². The monoisotopic (exact) mass is 260 g/mol. The molecule has 0 atom stereocenters. The summed E-state index contributed by atoms with van der Waals surface area (Å²) in [5, 5.41) is 10.6. The molecule has 0 unspecified atom stereocenters. The minimum Gasteiger partial charge on any atom is -0.481 e. The Morgan fingerprint density at radius 2 is 2.06 bits per heavy atom. The number of fused-ring (bicyclic) bond motifs is 1. The normalized spacial score (nSPS) is 11.9. The molecule has 6 heteroatoms. The van der Waals surface area contributed by atoms with Crippen molar-refractivity contribution in [3.8, 4) is 0 Å². The number of hydrogen-bond acceptors (Lipinski definition) is 2. The Bertz CT molecular complexity index is 572. The van der Waals surface area contributed by atoms with Crippen molar-refractivity contribution in [2.24, 2.45) is 0 Å². The molecule has 0 fully saturated rings. The van der Waals surface area contributed by atoms with Crippen molar-refractivity contribution in [3.05, 3.63) is 34.7 Å². The van der Waals surface area contributed by atoms with Crippen molar-refractivity contribution < 1.29 is 23.1 Å². The third kappa shape index (κ3) is 2.41. The second-order valence-electron chi connectivity index (χ2n) is 3.54. The first-order valence-corrected chi connectivity index (χ1v) is 5.55. The van der Waals surface area contributed by atoms with Crippen molar-refractivity contribution in [2.45, 2.75) is 12.6 Å². The molecule has 0 aliphatic carbocycles.